The summed E-state index contributed by atoms with van der Waals surface area (Å²) in [5, 5.41) is 12.6. The van der Waals surface area contributed by atoms with Gasteiger partial charge in [0.25, 0.3) is 0 Å². The Bertz CT molecular complexity index is 3550. The molecule has 12 aromatic rings. The summed E-state index contributed by atoms with van der Waals surface area (Å²) in [6, 6.07) is 80.8. The van der Waals surface area contributed by atoms with Crippen LogP contribution < -0.4 is 0 Å². The normalized spacial score (nSPS) is 11.7. The molecule has 0 saturated heterocycles. The molecule has 0 aliphatic rings. The predicted octanol–water partition coefficient (Wildman–Crippen LogP) is 17.6. The lowest BCUT2D eigenvalue weighted by Crippen LogP contribution is -1.93. The van der Waals surface area contributed by atoms with E-state index in [2.05, 4.69) is 218 Å². The Kier molecular flexibility index (Phi) is 8.33. The van der Waals surface area contributed by atoms with Crippen LogP contribution in [0.3, 0.4) is 0 Å². The van der Waals surface area contributed by atoms with Crippen LogP contribution >= 0.6 is 22.7 Å². The molecule has 0 saturated carbocycles. The zero-order chi connectivity index (χ0) is 39.6. The largest absolute Gasteiger partial charge is 0.135 e. The van der Waals surface area contributed by atoms with Crippen LogP contribution in [0, 0.1) is 0 Å². The minimum Gasteiger partial charge on any atom is -0.135 e. The molecule has 2 heteroatoms. The van der Waals surface area contributed by atoms with Gasteiger partial charge in [0.2, 0.25) is 0 Å². The minimum atomic E-state index is 1.22. The molecule has 0 unspecified atom stereocenters. The fraction of sp³-hybridized carbons (Fsp3) is 0. The Morgan fingerprint density at radius 2 is 0.650 bits per heavy atom. The summed E-state index contributed by atoms with van der Waals surface area (Å²) in [5.41, 5.74) is 10.1. The zero-order valence-electron chi connectivity index (χ0n) is 32.6. The van der Waals surface area contributed by atoms with E-state index in [1.54, 1.807) is 0 Å². The van der Waals surface area contributed by atoms with Gasteiger partial charge in [-0.3, -0.25) is 0 Å². The van der Waals surface area contributed by atoms with Gasteiger partial charge in [0.05, 0.1) is 0 Å². The number of benzene rings is 10. The highest BCUT2D eigenvalue weighted by atomic mass is 32.1. The first kappa shape index (κ1) is 34.9. The van der Waals surface area contributed by atoms with Crippen LogP contribution in [0.4, 0.5) is 0 Å². The third-order valence-electron chi connectivity index (χ3n) is 12.1. The van der Waals surface area contributed by atoms with Gasteiger partial charge >= 0.3 is 0 Å². The summed E-state index contributed by atoms with van der Waals surface area (Å²) in [4.78, 5) is 5.07. The van der Waals surface area contributed by atoms with Crippen LogP contribution in [-0.4, -0.2) is 0 Å². The van der Waals surface area contributed by atoms with Gasteiger partial charge in [-0.1, -0.05) is 182 Å². The lowest BCUT2D eigenvalue weighted by Gasteiger charge is -2.20. The molecule has 2 heterocycles. The van der Waals surface area contributed by atoms with Crippen molar-refractivity contribution < 1.29 is 0 Å². The van der Waals surface area contributed by atoms with Crippen LogP contribution in [0.15, 0.2) is 218 Å². The number of hydrogen-bond acceptors (Lipinski definition) is 2. The van der Waals surface area contributed by atoms with Crippen LogP contribution in [0.2, 0.25) is 0 Å². The van der Waals surface area contributed by atoms with Crippen molar-refractivity contribution in [2.45, 2.75) is 0 Å². The van der Waals surface area contributed by atoms with E-state index >= 15 is 0 Å². The van der Waals surface area contributed by atoms with Crippen LogP contribution in [0.1, 0.15) is 0 Å². The fourth-order valence-corrected chi connectivity index (χ4v) is 11.5. The molecular weight excluding hydrogens is 761 g/mol. The number of hydrogen-bond donors (Lipinski definition) is 0. The molecule has 0 amide bonds. The standard InChI is InChI=1S/C58H36S2/c1-2-16-40-35-42(28-27-37(40)13-1)57-48-21-7-9-23-50(48)58(51-24-10-8-22-49(51)57)52-36-41(53-31-32-54(59-53)45-25-11-17-38-14-3-5-19-43(38)45)29-30-47(52)56-34-33-55(60-56)46-26-12-18-39-15-4-6-20-44(39)46/h1-36H. The molecule has 0 atom stereocenters. The Morgan fingerprint density at radius 1 is 0.217 bits per heavy atom. The van der Waals surface area contributed by atoms with Gasteiger partial charge in [-0.15, -0.1) is 22.7 Å². The topological polar surface area (TPSA) is 0 Å². The van der Waals surface area contributed by atoms with Gasteiger partial charge < -0.3 is 0 Å². The molecule has 2 aromatic heterocycles. The zero-order valence-corrected chi connectivity index (χ0v) is 34.2. The molecular formula is C58H36S2. The van der Waals surface area contributed by atoms with Gasteiger partial charge in [-0.2, -0.15) is 0 Å². The molecule has 10 aromatic carbocycles. The molecule has 0 nitrogen and oxygen atoms in total. The quantitative estimate of drug-likeness (QED) is 0.147. The Hall–Kier alpha value is -7.10. The maximum atomic E-state index is 2.47. The van der Waals surface area contributed by atoms with Crippen molar-refractivity contribution >= 4 is 76.5 Å². The first-order valence-corrected chi connectivity index (χ1v) is 22.1. The number of fused-ring (bicyclic) bond motifs is 5. The van der Waals surface area contributed by atoms with E-state index in [1.807, 2.05) is 22.7 Å². The molecule has 0 aliphatic carbocycles. The Balaban J connectivity index is 1.10. The lowest BCUT2D eigenvalue weighted by molar-refractivity contribution is 1.65. The van der Waals surface area contributed by atoms with E-state index in [4.69, 9.17) is 0 Å². The van der Waals surface area contributed by atoms with E-state index in [1.165, 1.54) is 118 Å². The first-order valence-electron chi connectivity index (χ1n) is 20.5. The van der Waals surface area contributed by atoms with Gasteiger partial charge in [0.15, 0.2) is 0 Å². The van der Waals surface area contributed by atoms with E-state index in [0.717, 1.165) is 0 Å². The summed E-state index contributed by atoms with van der Waals surface area (Å²) in [6.45, 7) is 0. The maximum Gasteiger partial charge on any atom is 0.0355 e. The highest BCUT2D eigenvalue weighted by Crippen LogP contribution is 2.50. The summed E-state index contributed by atoms with van der Waals surface area (Å²) >= 11 is 3.75. The van der Waals surface area contributed by atoms with Crippen molar-refractivity contribution in [2.75, 3.05) is 0 Å². The highest BCUT2D eigenvalue weighted by molar-refractivity contribution is 7.19. The second-order valence-corrected chi connectivity index (χ2v) is 17.7. The summed E-state index contributed by atoms with van der Waals surface area (Å²) in [6.07, 6.45) is 0. The number of thiophene rings is 2. The Labute approximate surface area is 356 Å². The van der Waals surface area contributed by atoms with E-state index in [0.29, 0.717) is 0 Å². The van der Waals surface area contributed by atoms with E-state index in [-0.39, 0.29) is 0 Å². The lowest BCUT2D eigenvalue weighted by atomic mass is 9.84. The van der Waals surface area contributed by atoms with E-state index in [9.17, 15) is 0 Å². The van der Waals surface area contributed by atoms with E-state index < -0.39 is 0 Å². The van der Waals surface area contributed by atoms with Crippen molar-refractivity contribution in [3.8, 4) is 64.0 Å². The molecule has 60 heavy (non-hydrogen) atoms. The molecule has 0 bridgehead atoms. The smallest absolute Gasteiger partial charge is 0.0355 e. The van der Waals surface area contributed by atoms with Crippen LogP contribution in [-0.2, 0) is 0 Å². The predicted molar refractivity (Wildman–Crippen MR) is 262 cm³/mol. The third kappa shape index (κ3) is 5.79. The average Bonchev–Trinajstić information content (AvgIpc) is 4.02. The number of rotatable bonds is 6. The van der Waals surface area contributed by atoms with Gasteiger partial charge in [0, 0.05) is 19.5 Å². The minimum absolute atomic E-state index is 1.22. The molecule has 0 N–H and O–H groups in total. The van der Waals surface area contributed by atoms with Gasteiger partial charge in [-0.25, -0.2) is 0 Å². The second kappa shape index (κ2) is 14.3. The van der Waals surface area contributed by atoms with Crippen LogP contribution in [0.5, 0.6) is 0 Å². The second-order valence-electron chi connectivity index (χ2n) is 15.5. The molecule has 0 spiro atoms. The molecule has 0 aliphatic heterocycles. The van der Waals surface area contributed by atoms with Crippen molar-refractivity contribution in [1.29, 1.82) is 0 Å². The molecule has 12 rings (SSSR count). The monoisotopic (exact) mass is 796 g/mol. The maximum absolute atomic E-state index is 2.47. The van der Waals surface area contributed by atoms with Crippen molar-refractivity contribution in [3.63, 3.8) is 0 Å². The van der Waals surface area contributed by atoms with Crippen molar-refractivity contribution in [1.82, 2.24) is 0 Å². The average molecular weight is 797 g/mol. The summed E-state index contributed by atoms with van der Waals surface area (Å²) < 4.78 is 0. The van der Waals surface area contributed by atoms with Crippen molar-refractivity contribution in [2.24, 2.45) is 0 Å². The fourth-order valence-electron chi connectivity index (χ4n) is 9.34. The molecule has 0 fully saturated rings. The highest BCUT2D eigenvalue weighted by Gasteiger charge is 2.21. The SMILES string of the molecule is c1ccc2cc(-c3c4ccccc4c(-c4cc(-c5ccc(-c6cccc7ccccc67)s5)ccc4-c4ccc(-c5cccc6ccccc56)s4)c4ccccc34)ccc2c1. The third-order valence-corrected chi connectivity index (χ3v) is 14.5. The van der Waals surface area contributed by atoms with Gasteiger partial charge in [0.1, 0.15) is 0 Å². The van der Waals surface area contributed by atoms with Crippen molar-refractivity contribution in [3.05, 3.63) is 218 Å². The molecule has 280 valence electrons. The van der Waals surface area contributed by atoms with Crippen LogP contribution in [0.25, 0.3) is 118 Å². The van der Waals surface area contributed by atoms with Gasteiger partial charge in [-0.05, 0) is 135 Å². The first-order chi connectivity index (χ1) is 29.7. The Morgan fingerprint density at radius 3 is 1.25 bits per heavy atom. The summed E-state index contributed by atoms with van der Waals surface area (Å²) in [7, 11) is 0. The summed E-state index contributed by atoms with van der Waals surface area (Å²) in [5.74, 6) is 0. The molecule has 0 radical (unpaired) electrons.